The van der Waals surface area contributed by atoms with E-state index in [-0.39, 0.29) is 30.8 Å². The number of carbonyl (C=O) groups is 3. The average molecular weight is 461 g/mol. The van der Waals surface area contributed by atoms with Gasteiger partial charge in [-0.3, -0.25) is 14.4 Å². The summed E-state index contributed by atoms with van der Waals surface area (Å²) in [6.07, 6.45) is 0. The maximum Gasteiger partial charge on any atom is 0.255 e. The normalized spacial score (nSPS) is 10.5. The predicted octanol–water partition coefficient (Wildman–Crippen LogP) is 3.38. The zero-order valence-electron chi connectivity index (χ0n) is 19.4. The van der Waals surface area contributed by atoms with Crippen LogP contribution >= 0.6 is 0 Å². The van der Waals surface area contributed by atoms with Crippen LogP contribution < -0.4 is 20.7 Å². The second-order valence-corrected chi connectivity index (χ2v) is 7.90. The molecular weight excluding hydrogens is 432 g/mol. The second-order valence-electron chi connectivity index (χ2n) is 7.90. The van der Waals surface area contributed by atoms with Gasteiger partial charge in [0, 0.05) is 17.8 Å². The zero-order valence-corrected chi connectivity index (χ0v) is 19.4. The minimum Gasteiger partial charge on any atom is -0.497 e. The van der Waals surface area contributed by atoms with Crippen molar-refractivity contribution in [2.24, 2.45) is 0 Å². The molecule has 0 saturated heterocycles. The number of hydrogen-bond acceptors (Lipinski definition) is 5. The number of para-hydroxylation sites is 1. The number of likely N-dealkylation sites (N-methyl/N-ethyl adjacent to an activating group) is 1. The largest absolute Gasteiger partial charge is 0.497 e. The van der Waals surface area contributed by atoms with Gasteiger partial charge in [-0.25, -0.2) is 0 Å². The van der Waals surface area contributed by atoms with Crippen molar-refractivity contribution in [1.82, 2.24) is 10.2 Å². The number of nitrogens with zero attached hydrogens (tertiary/aromatic N) is 1. The van der Waals surface area contributed by atoms with Gasteiger partial charge in [0.2, 0.25) is 5.91 Å². The number of rotatable bonds is 9. The molecule has 0 atom stereocenters. The van der Waals surface area contributed by atoms with Crippen LogP contribution in [0.1, 0.15) is 26.3 Å². The molecule has 3 aromatic carbocycles. The molecule has 0 fully saturated rings. The minimum atomic E-state index is -0.330. The first-order valence-corrected chi connectivity index (χ1v) is 10.7. The van der Waals surface area contributed by atoms with Crippen molar-refractivity contribution < 1.29 is 19.1 Å². The fraction of sp³-hybridized carbons (Fsp3) is 0.192. The summed E-state index contributed by atoms with van der Waals surface area (Å²) in [5.74, 6) is -0.123. The van der Waals surface area contributed by atoms with Crippen molar-refractivity contribution in [2.45, 2.75) is 6.54 Å². The second kappa shape index (κ2) is 11.6. The lowest BCUT2D eigenvalue weighted by Crippen LogP contribution is -2.27. The van der Waals surface area contributed by atoms with Crippen LogP contribution in [0.25, 0.3) is 0 Å². The number of ether oxygens (including phenoxy) is 1. The number of amides is 3. The van der Waals surface area contributed by atoms with Crippen molar-refractivity contribution in [3.63, 3.8) is 0 Å². The van der Waals surface area contributed by atoms with Gasteiger partial charge in [-0.1, -0.05) is 24.3 Å². The molecule has 0 spiro atoms. The van der Waals surface area contributed by atoms with Crippen LogP contribution in [0.3, 0.4) is 0 Å². The first kappa shape index (κ1) is 24.5. The third-order valence-corrected chi connectivity index (χ3v) is 4.90. The van der Waals surface area contributed by atoms with Gasteiger partial charge < -0.3 is 25.6 Å². The lowest BCUT2D eigenvalue weighted by atomic mass is 10.1. The molecule has 3 aromatic rings. The van der Waals surface area contributed by atoms with Crippen LogP contribution in [0.2, 0.25) is 0 Å². The van der Waals surface area contributed by atoms with Crippen molar-refractivity contribution in [1.29, 1.82) is 0 Å². The molecule has 8 heteroatoms. The van der Waals surface area contributed by atoms with E-state index in [9.17, 15) is 14.4 Å². The molecule has 34 heavy (non-hydrogen) atoms. The van der Waals surface area contributed by atoms with E-state index >= 15 is 0 Å². The monoisotopic (exact) mass is 460 g/mol. The third kappa shape index (κ3) is 6.91. The Morgan fingerprint density at radius 1 is 0.853 bits per heavy atom. The number of anilines is 2. The van der Waals surface area contributed by atoms with Crippen LogP contribution in [0, 0.1) is 0 Å². The molecule has 0 saturated carbocycles. The molecule has 0 bridgehead atoms. The van der Waals surface area contributed by atoms with Gasteiger partial charge in [-0.05, 0) is 68.2 Å². The summed E-state index contributed by atoms with van der Waals surface area (Å²) in [5, 5.41) is 8.50. The van der Waals surface area contributed by atoms with Gasteiger partial charge in [0.25, 0.3) is 11.8 Å². The van der Waals surface area contributed by atoms with Gasteiger partial charge in [0.05, 0.1) is 24.9 Å². The molecule has 0 aliphatic rings. The van der Waals surface area contributed by atoms with Crippen molar-refractivity contribution in [2.75, 3.05) is 38.4 Å². The quantitative estimate of drug-likeness (QED) is 0.455. The van der Waals surface area contributed by atoms with Crippen molar-refractivity contribution in [3.8, 4) is 5.75 Å². The number of methoxy groups -OCH3 is 1. The Bertz CT molecular complexity index is 1160. The summed E-state index contributed by atoms with van der Waals surface area (Å²) < 4.78 is 5.12. The standard InChI is InChI=1S/C26H28N4O4/c1-30(2)17-24(31)28-20-8-6-7-18(15-20)16-27-26(33)22-9-4-5-10-23(22)29-25(32)19-11-13-21(34-3)14-12-19/h4-15H,16-17H2,1-3H3,(H,27,33)(H,28,31)(H,29,32). The number of benzene rings is 3. The molecule has 0 aliphatic heterocycles. The molecule has 0 aromatic heterocycles. The van der Waals surface area contributed by atoms with E-state index in [4.69, 9.17) is 4.74 Å². The molecule has 0 aliphatic carbocycles. The smallest absolute Gasteiger partial charge is 0.255 e. The maximum absolute atomic E-state index is 12.9. The Hall–Kier alpha value is -4.17. The molecule has 8 nitrogen and oxygen atoms in total. The summed E-state index contributed by atoms with van der Waals surface area (Å²) >= 11 is 0. The first-order chi connectivity index (χ1) is 16.4. The van der Waals surface area contributed by atoms with E-state index in [0.29, 0.717) is 28.3 Å². The lowest BCUT2D eigenvalue weighted by molar-refractivity contribution is -0.116. The van der Waals surface area contributed by atoms with Gasteiger partial charge in [0.15, 0.2) is 0 Å². The molecular formula is C26H28N4O4. The van der Waals surface area contributed by atoms with Crippen molar-refractivity contribution in [3.05, 3.63) is 89.5 Å². The summed E-state index contributed by atoms with van der Waals surface area (Å²) in [6.45, 7) is 0.539. The molecule has 0 heterocycles. The lowest BCUT2D eigenvalue weighted by Gasteiger charge is -2.13. The van der Waals surface area contributed by atoms with Gasteiger partial charge in [-0.15, -0.1) is 0 Å². The summed E-state index contributed by atoms with van der Waals surface area (Å²) in [5.41, 5.74) is 2.69. The van der Waals surface area contributed by atoms with E-state index in [1.54, 1.807) is 66.6 Å². The van der Waals surface area contributed by atoms with E-state index in [0.717, 1.165) is 5.56 Å². The van der Waals surface area contributed by atoms with Crippen LogP contribution in [0.4, 0.5) is 11.4 Å². The molecule has 0 radical (unpaired) electrons. The Morgan fingerprint density at radius 2 is 1.59 bits per heavy atom. The highest BCUT2D eigenvalue weighted by Gasteiger charge is 2.14. The molecule has 3 rings (SSSR count). The Balaban J connectivity index is 1.64. The fourth-order valence-corrected chi connectivity index (χ4v) is 3.25. The van der Waals surface area contributed by atoms with Crippen LogP contribution in [-0.2, 0) is 11.3 Å². The van der Waals surface area contributed by atoms with Crippen LogP contribution in [0.5, 0.6) is 5.75 Å². The van der Waals surface area contributed by atoms with E-state index in [1.165, 1.54) is 0 Å². The Labute approximate surface area is 198 Å². The molecule has 0 unspecified atom stereocenters. The first-order valence-electron chi connectivity index (χ1n) is 10.7. The number of nitrogens with one attached hydrogen (secondary N) is 3. The predicted molar refractivity (Wildman–Crippen MR) is 132 cm³/mol. The van der Waals surface area contributed by atoms with Gasteiger partial charge in [-0.2, -0.15) is 0 Å². The van der Waals surface area contributed by atoms with E-state index in [1.807, 2.05) is 32.3 Å². The van der Waals surface area contributed by atoms with Crippen LogP contribution in [0.15, 0.2) is 72.8 Å². The third-order valence-electron chi connectivity index (χ3n) is 4.90. The molecule has 3 amide bonds. The molecule has 176 valence electrons. The highest BCUT2D eigenvalue weighted by molar-refractivity contribution is 6.09. The van der Waals surface area contributed by atoms with E-state index in [2.05, 4.69) is 16.0 Å². The maximum atomic E-state index is 12.9. The number of hydrogen-bond donors (Lipinski definition) is 3. The highest BCUT2D eigenvalue weighted by atomic mass is 16.5. The average Bonchev–Trinajstić information content (AvgIpc) is 2.82. The van der Waals surface area contributed by atoms with Crippen molar-refractivity contribution >= 4 is 29.1 Å². The molecule has 3 N–H and O–H groups in total. The fourth-order valence-electron chi connectivity index (χ4n) is 3.25. The van der Waals surface area contributed by atoms with Crippen LogP contribution in [-0.4, -0.2) is 50.4 Å². The Kier molecular flexibility index (Phi) is 8.37. The number of carbonyl (C=O) groups excluding carboxylic acids is 3. The highest BCUT2D eigenvalue weighted by Crippen LogP contribution is 2.18. The topological polar surface area (TPSA) is 99.8 Å². The zero-order chi connectivity index (χ0) is 24.5. The van der Waals surface area contributed by atoms with Gasteiger partial charge in [0.1, 0.15) is 5.75 Å². The van der Waals surface area contributed by atoms with Gasteiger partial charge >= 0.3 is 0 Å². The summed E-state index contributed by atoms with van der Waals surface area (Å²) in [6, 6.07) is 20.8. The summed E-state index contributed by atoms with van der Waals surface area (Å²) in [7, 11) is 5.20. The summed E-state index contributed by atoms with van der Waals surface area (Å²) in [4.78, 5) is 39.3. The minimum absolute atomic E-state index is 0.118. The SMILES string of the molecule is COc1ccc(C(=O)Nc2ccccc2C(=O)NCc2cccc(NC(=O)CN(C)C)c2)cc1. The van der Waals surface area contributed by atoms with E-state index < -0.39 is 0 Å². The Morgan fingerprint density at radius 3 is 2.29 bits per heavy atom.